The number of hydrogen-bond donors (Lipinski definition) is 3. The molecule has 1 unspecified atom stereocenters. The Labute approximate surface area is 279 Å². The highest BCUT2D eigenvalue weighted by atomic mass is 16.6. The molecule has 10 heteroatoms. The number of unbranched alkanes of at least 4 members (excludes halogenated alkanes) is 2. The number of carbonyl (C=O) groups is 2. The summed E-state index contributed by atoms with van der Waals surface area (Å²) >= 11 is 0. The van der Waals surface area contributed by atoms with Crippen LogP contribution >= 0.6 is 0 Å². The minimum atomic E-state index is -0.602. The van der Waals surface area contributed by atoms with Crippen molar-refractivity contribution >= 4 is 12.0 Å². The Balaban J connectivity index is 1.68. The fraction of sp³-hybridized carbons (Fsp3) is 0.833. The van der Waals surface area contributed by atoms with E-state index in [1.807, 2.05) is 6.92 Å². The molecule has 0 spiro atoms. The number of ether oxygens (including phenoxy) is 4. The number of allylic oxidation sites excluding steroid dienone is 3. The van der Waals surface area contributed by atoms with Gasteiger partial charge in [-0.1, -0.05) is 32.1 Å². The van der Waals surface area contributed by atoms with Crippen LogP contribution < -0.4 is 10.6 Å². The molecule has 0 bridgehead atoms. The zero-order chi connectivity index (χ0) is 34.1. The van der Waals surface area contributed by atoms with Gasteiger partial charge in [0.2, 0.25) is 5.91 Å². The summed E-state index contributed by atoms with van der Waals surface area (Å²) in [4.78, 5) is 26.4. The first-order valence-electron chi connectivity index (χ1n) is 17.6. The Morgan fingerprint density at radius 3 is 2.61 bits per heavy atom. The highest BCUT2D eigenvalue weighted by Gasteiger charge is 2.31. The van der Waals surface area contributed by atoms with E-state index in [-0.39, 0.29) is 42.0 Å². The van der Waals surface area contributed by atoms with E-state index in [2.05, 4.69) is 63.5 Å². The number of methoxy groups -OCH3 is 1. The average Bonchev–Trinajstić information content (AvgIpc) is 3.27. The van der Waals surface area contributed by atoms with Gasteiger partial charge in [-0.3, -0.25) is 4.79 Å². The Morgan fingerprint density at radius 2 is 1.89 bits per heavy atom. The van der Waals surface area contributed by atoms with Crippen LogP contribution in [0, 0.1) is 11.8 Å². The lowest BCUT2D eigenvalue weighted by Gasteiger charge is -2.35. The fourth-order valence-electron chi connectivity index (χ4n) is 6.61. The lowest BCUT2D eigenvalue weighted by atomic mass is 9.89. The predicted octanol–water partition coefficient (Wildman–Crippen LogP) is 5.39. The number of nitrogens with zero attached hydrogens (tertiary/aromatic N) is 1. The molecule has 2 aliphatic rings. The van der Waals surface area contributed by atoms with Crippen molar-refractivity contribution < 1.29 is 33.6 Å². The van der Waals surface area contributed by atoms with Gasteiger partial charge >= 0.3 is 6.09 Å². The first kappa shape index (κ1) is 40.2. The maximum atomic E-state index is 12.5. The summed E-state index contributed by atoms with van der Waals surface area (Å²) in [5.41, 5.74) is 0.815. The van der Waals surface area contributed by atoms with E-state index < -0.39 is 6.10 Å². The van der Waals surface area contributed by atoms with Gasteiger partial charge < -0.3 is 39.6 Å². The lowest BCUT2D eigenvalue weighted by molar-refractivity contribution is -0.149. The van der Waals surface area contributed by atoms with Crippen molar-refractivity contribution in [1.82, 2.24) is 15.5 Å². The van der Waals surface area contributed by atoms with Crippen molar-refractivity contribution in [2.45, 2.75) is 136 Å². The summed E-state index contributed by atoms with van der Waals surface area (Å²) in [5.74, 6) is 0.751. The number of rotatable bonds is 18. The van der Waals surface area contributed by atoms with E-state index in [0.29, 0.717) is 38.0 Å². The van der Waals surface area contributed by atoms with Crippen LogP contribution in [0.5, 0.6) is 0 Å². The highest BCUT2D eigenvalue weighted by Crippen LogP contribution is 2.30. The van der Waals surface area contributed by atoms with Crippen LogP contribution in [0.2, 0.25) is 0 Å². The Hall–Kier alpha value is -1.98. The summed E-state index contributed by atoms with van der Waals surface area (Å²) in [6, 6.07) is 0. The quantitative estimate of drug-likeness (QED) is 0.134. The molecule has 2 amide bonds. The van der Waals surface area contributed by atoms with Gasteiger partial charge in [0.15, 0.2) is 0 Å². The van der Waals surface area contributed by atoms with Crippen molar-refractivity contribution in [1.29, 1.82) is 0 Å². The maximum Gasteiger partial charge on any atom is 0.409 e. The topological polar surface area (TPSA) is 119 Å². The van der Waals surface area contributed by atoms with Gasteiger partial charge in [0, 0.05) is 39.7 Å². The van der Waals surface area contributed by atoms with Gasteiger partial charge in [-0.15, -0.1) is 0 Å². The second-order valence-electron chi connectivity index (χ2n) is 14.1. The summed E-state index contributed by atoms with van der Waals surface area (Å²) in [5, 5.41) is 16.3. The molecule has 0 aromatic carbocycles. The van der Waals surface area contributed by atoms with Crippen molar-refractivity contribution in [3.05, 3.63) is 23.8 Å². The summed E-state index contributed by atoms with van der Waals surface area (Å²) < 4.78 is 23.6. The van der Waals surface area contributed by atoms with Crippen LogP contribution in [0.25, 0.3) is 0 Å². The largest absolute Gasteiger partial charge is 0.449 e. The average molecular weight is 652 g/mol. The minimum absolute atomic E-state index is 0.00232. The van der Waals surface area contributed by atoms with Gasteiger partial charge in [0.05, 0.1) is 36.6 Å². The number of aliphatic hydroxyl groups excluding tert-OH is 1. The van der Waals surface area contributed by atoms with Crippen LogP contribution in [-0.2, 0) is 23.7 Å². The molecule has 7 atom stereocenters. The van der Waals surface area contributed by atoms with E-state index in [1.54, 1.807) is 18.9 Å². The van der Waals surface area contributed by atoms with Gasteiger partial charge in [-0.05, 0) is 104 Å². The zero-order valence-corrected chi connectivity index (χ0v) is 30.0. The molecule has 3 N–H and O–H groups in total. The number of carbonyl (C=O) groups excluding carboxylic acids is 2. The third-order valence-electron chi connectivity index (χ3n) is 8.98. The normalized spacial score (nSPS) is 24.2. The van der Waals surface area contributed by atoms with Gasteiger partial charge in [0.1, 0.15) is 6.10 Å². The molecule has 2 saturated heterocycles. The molecule has 0 saturated carbocycles. The van der Waals surface area contributed by atoms with E-state index >= 15 is 0 Å². The third kappa shape index (κ3) is 15.3. The van der Waals surface area contributed by atoms with Crippen molar-refractivity contribution in [2.75, 3.05) is 46.4 Å². The molecule has 2 aliphatic heterocycles. The lowest BCUT2D eigenvalue weighted by Crippen LogP contribution is -2.42. The molecule has 2 heterocycles. The van der Waals surface area contributed by atoms with Crippen LogP contribution in [0.3, 0.4) is 0 Å². The van der Waals surface area contributed by atoms with Crippen molar-refractivity contribution in [3.63, 3.8) is 0 Å². The fourth-order valence-corrected chi connectivity index (χ4v) is 6.61. The standard InChI is InChI=1S/C36H65N3O7/c1-26(24-36(6,7)46-30(5)34(43-8)29(4)40)14-12-15-27(2)33-28(3)17-18-31(45-33)25-38-32(41)16-10-9-11-23-44-35(42)39-21-13-19-37-20-22-39/h12,14-15,26,28-31,33-34,37,40H,9-11,13,16-25H2,1-8H3,(H,38,41)/b14-12+,27-15+/t26-,28+,29-,30?,31-,33-,34+/m1/s1. The summed E-state index contributed by atoms with van der Waals surface area (Å²) in [7, 11) is 1.60. The first-order chi connectivity index (χ1) is 21.8. The van der Waals surface area contributed by atoms with E-state index in [9.17, 15) is 14.7 Å². The number of amides is 2. The molecule has 266 valence electrons. The van der Waals surface area contributed by atoms with Gasteiger partial charge in [-0.2, -0.15) is 0 Å². The molecular formula is C36H65N3O7. The number of aliphatic hydroxyl groups is 1. The molecule has 0 aliphatic carbocycles. The highest BCUT2D eigenvalue weighted by molar-refractivity contribution is 5.75. The second kappa shape index (κ2) is 21.1. The van der Waals surface area contributed by atoms with Crippen LogP contribution in [-0.4, -0.2) is 105 Å². The Kier molecular flexibility index (Phi) is 18.4. The third-order valence-corrected chi connectivity index (χ3v) is 8.98. The molecule has 2 fully saturated rings. The summed E-state index contributed by atoms with van der Waals surface area (Å²) in [6.07, 6.45) is 11.7. The number of hydrogen-bond acceptors (Lipinski definition) is 8. The molecule has 10 nitrogen and oxygen atoms in total. The molecule has 0 aromatic heterocycles. The molecule has 46 heavy (non-hydrogen) atoms. The Bertz CT molecular complexity index is 946. The monoisotopic (exact) mass is 651 g/mol. The zero-order valence-electron chi connectivity index (χ0n) is 30.0. The molecule has 0 aromatic rings. The van der Waals surface area contributed by atoms with Crippen molar-refractivity contribution in [3.8, 4) is 0 Å². The SMILES string of the molecule is CO[C@H](C(C)OC(C)(C)C[C@H](C)/C=C/C=C(\C)[C@H]1O[C@@H](CNC(=O)CCCCCOC(=O)N2CCCNCC2)CC[C@@H]1C)[C@@H](C)O. The number of nitrogens with one attached hydrogen (secondary N) is 2. The van der Waals surface area contributed by atoms with Gasteiger partial charge in [0.25, 0.3) is 0 Å². The second-order valence-corrected chi connectivity index (χ2v) is 14.1. The van der Waals surface area contributed by atoms with E-state index in [4.69, 9.17) is 18.9 Å². The minimum Gasteiger partial charge on any atom is -0.449 e. The van der Waals surface area contributed by atoms with Crippen LogP contribution in [0.15, 0.2) is 23.8 Å². The van der Waals surface area contributed by atoms with Gasteiger partial charge in [-0.25, -0.2) is 4.79 Å². The molecule has 0 radical (unpaired) electrons. The Morgan fingerprint density at radius 1 is 1.13 bits per heavy atom. The maximum absolute atomic E-state index is 12.5. The molecular weight excluding hydrogens is 586 g/mol. The predicted molar refractivity (Wildman–Crippen MR) is 183 cm³/mol. The smallest absolute Gasteiger partial charge is 0.409 e. The van der Waals surface area contributed by atoms with Crippen LogP contribution in [0.1, 0.15) is 99.8 Å². The van der Waals surface area contributed by atoms with E-state index in [0.717, 1.165) is 64.6 Å². The van der Waals surface area contributed by atoms with E-state index in [1.165, 1.54) is 5.57 Å². The summed E-state index contributed by atoms with van der Waals surface area (Å²) in [6.45, 7) is 18.4. The van der Waals surface area contributed by atoms with Crippen LogP contribution in [0.4, 0.5) is 4.79 Å². The molecule has 2 rings (SSSR count). The first-order valence-corrected chi connectivity index (χ1v) is 17.6. The van der Waals surface area contributed by atoms with Crippen molar-refractivity contribution in [2.24, 2.45) is 11.8 Å².